The molecule has 0 spiro atoms. The lowest BCUT2D eigenvalue weighted by atomic mass is 10.0. The Kier molecular flexibility index (Phi) is 3.74. The normalized spacial score (nSPS) is 32.3. The zero-order valence-corrected chi connectivity index (χ0v) is 13.1. The molecule has 0 N–H and O–H groups in total. The van der Waals surface area contributed by atoms with Crippen molar-refractivity contribution in [1.29, 1.82) is 0 Å². The maximum Gasteiger partial charge on any atom is 0.182 e. The average Bonchev–Trinajstić information content (AvgIpc) is 2.78. The van der Waals surface area contributed by atoms with Gasteiger partial charge in [0.1, 0.15) is 10.7 Å². The molecule has 0 aromatic carbocycles. The Morgan fingerprint density at radius 3 is 2.78 bits per heavy atom. The molecular weight excluding hydrogens is 282 g/mol. The van der Waals surface area contributed by atoms with Crippen molar-refractivity contribution in [3.8, 4) is 0 Å². The molecule has 1 saturated heterocycles. The van der Waals surface area contributed by atoms with E-state index in [0.29, 0.717) is 16.9 Å². The molecular formula is C13H17NOS3. The van der Waals surface area contributed by atoms with E-state index >= 15 is 0 Å². The van der Waals surface area contributed by atoms with Crippen LogP contribution in [0, 0.1) is 0 Å². The predicted octanol–water partition coefficient (Wildman–Crippen LogP) is 3.96. The van der Waals surface area contributed by atoms with Crippen LogP contribution in [-0.4, -0.2) is 27.0 Å². The molecule has 0 radical (unpaired) electrons. The number of hydrogen-bond acceptors (Lipinski definition) is 5. The summed E-state index contributed by atoms with van der Waals surface area (Å²) in [6.07, 6.45) is 2.75. The number of nitrogens with zero attached hydrogens (tertiary/aromatic N) is 1. The van der Waals surface area contributed by atoms with E-state index in [9.17, 15) is 4.79 Å². The molecule has 2 aliphatic rings. The molecule has 2 heterocycles. The Morgan fingerprint density at radius 2 is 2.06 bits per heavy atom. The lowest BCUT2D eigenvalue weighted by Gasteiger charge is -2.30. The van der Waals surface area contributed by atoms with Crippen molar-refractivity contribution < 1.29 is 4.79 Å². The number of thioether (sulfide) groups is 2. The van der Waals surface area contributed by atoms with E-state index in [1.165, 1.54) is 9.88 Å². The minimum Gasteiger partial charge on any atom is -0.292 e. The zero-order valence-electron chi connectivity index (χ0n) is 10.6. The van der Waals surface area contributed by atoms with E-state index in [-0.39, 0.29) is 5.78 Å². The lowest BCUT2D eigenvalue weighted by molar-refractivity contribution is 0.0968. The van der Waals surface area contributed by atoms with Gasteiger partial charge in [0, 0.05) is 27.6 Å². The van der Waals surface area contributed by atoms with Crippen molar-refractivity contribution in [1.82, 2.24) is 4.98 Å². The van der Waals surface area contributed by atoms with Crippen LogP contribution in [0.3, 0.4) is 0 Å². The summed E-state index contributed by atoms with van der Waals surface area (Å²) in [5.74, 6) is 1.39. The number of carbonyl (C=O) groups excluding carboxylic acids is 1. The summed E-state index contributed by atoms with van der Waals surface area (Å²) in [5, 5.41) is 3.07. The second kappa shape index (κ2) is 5.17. The fourth-order valence-corrected chi connectivity index (χ4v) is 6.65. The van der Waals surface area contributed by atoms with Crippen LogP contribution in [0.25, 0.3) is 0 Å². The minimum absolute atomic E-state index is 0.258. The molecule has 3 rings (SSSR count). The molecule has 2 nitrogen and oxygen atoms in total. The first kappa shape index (κ1) is 13.0. The Morgan fingerprint density at radius 1 is 1.22 bits per heavy atom. The maximum absolute atomic E-state index is 11.8. The third kappa shape index (κ3) is 2.37. The van der Waals surface area contributed by atoms with Crippen LogP contribution in [0.5, 0.6) is 0 Å². The van der Waals surface area contributed by atoms with Gasteiger partial charge in [-0.15, -0.1) is 23.1 Å². The van der Waals surface area contributed by atoms with Gasteiger partial charge in [-0.2, -0.15) is 11.8 Å². The predicted molar refractivity (Wildman–Crippen MR) is 81.1 cm³/mol. The monoisotopic (exact) mass is 299 g/mol. The van der Waals surface area contributed by atoms with E-state index in [1.807, 2.05) is 23.5 Å². The Bertz CT molecular complexity index is 471. The van der Waals surface area contributed by atoms with Gasteiger partial charge in [-0.3, -0.25) is 4.79 Å². The highest BCUT2D eigenvalue weighted by molar-refractivity contribution is 8.07. The van der Waals surface area contributed by atoms with Crippen LogP contribution in [-0.2, 0) is 6.42 Å². The molecule has 1 aliphatic carbocycles. The number of hydrogen-bond donors (Lipinski definition) is 0. The smallest absolute Gasteiger partial charge is 0.182 e. The minimum atomic E-state index is 0.258. The van der Waals surface area contributed by atoms with Crippen molar-refractivity contribution in [2.24, 2.45) is 0 Å². The fourth-order valence-electron chi connectivity index (χ4n) is 2.34. The largest absolute Gasteiger partial charge is 0.292 e. The highest BCUT2D eigenvalue weighted by atomic mass is 32.2. The lowest BCUT2D eigenvalue weighted by Crippen LogP contribution is -2.21. The summed E-state index contributed by atoms with van der Waals surface area (Å²) in [6, 6.07) is 0. The van der Waals surface area contributed by atoms with Gasteiger partial charge >= 0.3 is 0 Å². The number of aryl methyl sites for hydroxylation is 1. The molecule has 18 heavy (non-hydrogen) atoms. The van der Waals surface area contributed by atoms with Crippen LogP contribution in [0.1, 0.15) is 52.3 Å². The Balaban J connectivity index is 1.83. The standard InChI is InChI=1S/C13H17NOS3/c1-7-8(2)17-11(6-16-7)13-14-12-9(15)4-3-5-10(12)18-13/h7-8,11H,3-6H2,1-2H3. The van der Waals surface area contributed by atoms with Gasteiger partial charge in [0.25, 0.3) is 0 Å². The van der Waals surface area contributed by atoms with E-state index in [4.69, 9.17) is 0 Å². The van der Waals surface area contributed by atoms with Gasteiger partial charge in [0.05, 0.1) is 5.25 Å². The van der Waals surface area contributed by atoms with Gasteiger partial charge in [-0.25, -0.2) is 4.98 Å². The van der Waals surface area contributed by atoms with Crippen molar-refractivity contribution in [2.45, 2.75) is 48.9 Å². The zero-order chi connectivity index (χ0) is 12.7. The fraction of sp³-hybridized carbons (Fsp3) is 0.692. The molecule has 0 amide bonds. The number of rotatable bonds is 1. The molecule has 1 fully saturated rings. The topological polar surface area (TPSA) is 30.0 Å². The van der Waals surface area contributed by atoms with Gasteiger partial charge in [0.2, 0.25) is 0 Å². The van der Waals surface area contributed by atoms with Gasteiger partial charge in [-0.05, 0) is 12.8 Å². The second-order valence-corrected chi connectivity index (χ2v) is 9.08. The maximum atomic E-state index is 11.8. The molecule has 3 unspecified atom stereocenters. The molecule has 98 valence electrons. The SMILES string of the molecule is CC1SCC(c2nc3c(s2)CCCC3=O)SC1C. The number of aromatic nitrogens is 1. The van der Waals surface area contributed by atoms with Crippen molar-refractivity contribution in [2.75, 3.05) is 5.75 Å². The van der Waals surface area contributed by atoms with E-state index in [2.05, 4.69) is 18.8 Å². The van der Waals surface area contributed by atoms with Gasteiger partial charge in [0.15, 0.2) is 5.78 Å². The summed E-state index contributed by atoms with van der Waals surface area (Å²) in [6.45, 7) is 4.60. The Labute approximate surface area is 120 Å². The molecule has 1 aliphatic heterocycles. The summed E-state index contributed by atoms with van der Waals surface area (Å²) in [7, 11) is 0. The second-order valence-electron chi connectivity index (χ2n) is 4.97. The number of thiazole rings is 1. The van der Waals surface area contributed by atoms with E-state index in [1.54, 1.807) is 11.3 Å². The summed E-state index contributed by atoms with van der Waals surface area (Å²) < 4.78 is 0. The number of carbonyl (C=O) groups is 1. The summed E-state index contributed by atoms with van der Waals surface area (Å²) in [4.78, 5) is 17.7. The molecule has 5 heteroatoms. The van der Waals surface area contributed by atoms with Crippen molar-refractivity contribution in [3.63, 3.8) is 0 Å². The third-order valence-corrected chi connectivity index (χ3v) is 8.39. The first-order valence-electron chi connectivity index (χ1n) is 6.45. The quantitative estimate of drug-likeness (QED) is 0.785. The average molecular weight is 299 g/mol. The van der Waals surface area contributed by atoms with Crippen LogP contribution in [0.4, 0.5) is 0 Å². The van der Waals surface area contributed by atoms with Crippen LogP contribution >= 0.6 is 34.9 Å². The van der Waals surface area contributed by atoms with E-state index < -0.39 is 0 Å². The third-order valence-electron chi connectivity index (χ3n) is 3.61. The summed E-state index contributed by atoms with van der Waals surface area (Å²) in [5.41, 5.74) is 0.790. The number of ketones is 1. The number of fused-ring (bicyclic) bond motifs is 1. The van der Waals surface area contributed by atoms with Crippen LogP contribution in [0.2, 0.25) is 0 Å². The molecule has 1 aromatic heterocycles. The van der Waals surface area contributed by atoms with Crippen molar-refractivity contribution >= 4 is 40.6 Å². The van der Waals surface area contributed by atoms with E-state index in [0.717, 1.165) is 29.5 Å². The number of Topliss-reactive ketones (excluding diaryl/α,β-unsaturated/α-hetero) is 1. The molecule has 1 aromatic rings. The highest BCUT2D eigenvalue weighted by Crippen LogP contribution is 2.46. The van der Waals surface area contributed by atoms with Crippen LogP contribution in [0.15, 0.2) is 0 Å². The molecule has 0 saturated carbocycles. The van der Waals surface area contributed by atoms with Crippen LogP contribution < -0.4 is 0 Å². The van der Waals surface area contributed by atoms with Gasteiger partial charge in [-0.1, -0.05) is 13.8 Å². The molecule has 0 bridgehead atoms. The van der Waals surface area contributed by atoms with Crippen molar-refractivity contribution in [3.05, 3.63) is 15.6 Å². The Hall–Kier alpha value is -0.000000000000000111. The first-order valence-corrected chi connectivity index (χ1v) is 9.26. The first-order chi connectivity index (χ1) is 8.65. The van der Waals surface area contributed by atoms with Gasteiger partial charge < -0.3 is 0 Å². The molecule has 3 atom stereocenters. The summed E-state index contributed by atoms with van der Waals surface area (Å²) >= 11 is 5.85. The highest BCUT2D eigenvalue weighted by Gasteiger charge is 2.31.